The van der Waals surface area contributed by atoms with Gasteiger partial charge in [0.15, 0.2) is 0 Å². The summed E-state index contributed by atoms with van der Waals surface area (Å²) in [7, 11) is 0. The van der Waals surface area contributed by atoms with Gasteiger partial charge in [0.2, 0.25) is 5.91 Å². The van der Waals surface area contributed by atoms with E-state index in [9.17, 15) is 9.59 Å². The van der Waals surface area contributed by atoms with E-state index in [1.54, 1.807) is 4.90 Å². The highest BCUT2D eigenvalue weighted by molar-refractivity contribution is 5.79. The van der Waals surface area contributed by atoms with E-state index in [0.29, 0.717) is 6.54 Å². The van der Waals surface area contributed by atoms with E-state index in [1.165, 1.54) is 0 Å². The monoisotopic (exact) mass is 257 g/mol. The summed E-state index contributed by atoms with van der Waals surface area (Å²) in [5, 5.41) is 0. The molecule has 0 aromatic heterocycles. The van der Waals surface area contributed by atoms with Crippen LogP contribution in [0.3, 0.4) is 0 Å². The van der Waals surface area contributed by atoms with Crippen molar-refractivity contribution in [1.29, 1.82) is 0 Å². The third-order valence-corrected chi connectivity index (χ3v) is 3.02. The molecule has 0 bridgehead atoms. The lowest BCUT2D eigenvalue weighted by molar-refractivity contribution is -0.127. The fourth-order valence-electron chi connectivity index (χ4n) is 2.01. The Morgan fingerprint density at radius 2 is 1.94 bits per heavy atom. The summed E-state index contributed by atoms with van der Waals surface area (Å²) in [6, 6.07) is 0.0849. The lowest BCUT2D eigenvalue weighted by atomic mass is 9.93. The first-order valence-electron chi connectivity index (χ1n) is 6.24. The number of hydrazine groups is 1. The average molecular weight is 257 g/mol. The Balaban J connectivity index is 2.67. The van der Waals surface area contributed by atoms with E-state index in [0.717, 1.165) is 12.8 Å². The fraction of sp³-hybridized carbons (Fsp3) is 0.833. The molecule has 1 saturated heterocycles. The molecule has 1 rings (SSSR count). The van der Waals surface area contributed by atoms with E-state index >= 15 is 0 Å². The van der Waals surface area contributed by atoms with Crippen LogP contribution in [0.15, 0.2) is 0 Å². The van der Waals surface area contributed by atoms with Crippen molar-refractivity contribution in [3.05, 3.63) is 0 Å². The lowest BCUT2D eigenvalue weighted by Crippen LogP contribution is -2.51. The minimum Gasteiger partial charge on any atom is -0.444 e. The summed E-state index contributed by atoms with van der Waals surface area (Å²) in [5.41, 5.74) is 1.61. The molecule has 6 heteroatoms. The Hall–Kier alpha value is -1.30. The molecule has 0 aromatic rings. The molecule has 18 heavy (non-hydrogen) atoms. The van der Waals surface area contributed by atoms with Gasteiger partial charge in [0.25, 0.3) is 0 Å². The largest absolute Gasteiger partial charge is 0.444 e. The molecular formula is C12H23N3O3. The topological polar surface area (TPSA) is 84.7 Å². The molecule has 0 aliphatic carbocycles. The molecule has 6 nitrogen and oxygen atoms in total. The van der Waals surface area contributed by atoms with Gasteiger partial charge in [-0.2, -0.15) is 0 Å². The van der Waals surface area contributed by atoms with Gasteiger partial charge in [-0.05, 0) is 40.5 Å². The third-order valence-electron chi connectivity index (χ3n) is 3.02. The first kappa shape index (κ1) is 14.8. The standard InChI is InChI=1S/C12H23N3O3/c1-8-5-6-9(10(16)14-13)7-15(8)11(17)18-12(2,3)4/h8-9H,5-7,13H2,1-4H3,(H,14,16). The number of piperidine rings is 1. The summed E-state index contributed by atoms with van der Waals surface area (Å²) in [5.74, 6) is 4.65. The molecule has 1 aliphatic heterocycles. The third kappa shape index (κ3) is 3.87. The SMILES string of the molecule is CC1CCC(C(=O)NN)CN1C(=O)OC(C)(C)C. The van der Waals surface area contributed by atoms with Gasteiger partial charge in [0.1, 0.15) is 5.60 Å². The van der Waals surface area contributed by atoms with Crippen molar-refractivity contribution in [2.24, 2.45) is 11.8 Å². The molecule has 2 amide bonds. The first-order chi connectivity index (χ1) is 8.24. The van der Waals surface area contributed by atoms with Crippen molar-refractivity contribution < 1.29 is 14.3 Å². The van der Waals surface area contributed by atoms with Crippen LogP contribution in [0.1, 0.15) is 40.5 Å². The molecule has 0 saturated carbocycles. The quantitative estimate of drug-likeness (QED) is 0.417. The Kier molecular flexibility index (Phi) is 4.56. The second-order valence-corrected chi connectivity index (χ2v) is 5.76. The van der Waals surface area contributed by atoms with Crippen molar-refractivity contribution in [2.75, 3.05) is 6.54 Å². The van der Waals surface area contributed by atoms with E-state index in [2.05, 4.69) is 5.43 Å². The van der Waals surface area contributed by atoms with Crippen LogP contribution in [0.2, 0.25) is 0 Å². The highest BCUT2D eigenvalue weighted by Gasteiger charge is 2.34. The molecule has 3 N–H and O–H groups in total. The molecule has 1 aliphatic rings. The summed E-state index contributed by atoms with van der Waals surface area (Å²) in [4.78, 5) is 25.1. The molecule has 2 atom stereocenters. The number of ether oxygens (including phenoxy) is 1. The van der Waals surface area contributed by atoms with Crippen LogP contribution in [-0.2, 0) is 9.53 Å². The number of nitrogens with zero attached hydrogens (tertiary/aromatic N) is 1. The normalized spacial score (nSPS) is 24.6. The van der Waals surface area contributed by atoms with Crippen molar-refractivity contribution in [2.45, 2.75) is 52.2 Å². The molecule has 0 spiro atoms. The van der Waals surface area contributed by atoms with Crippen molar-refractivity contribution in [3.8, 4) is 0 Å². The van der Waals surface area contributed by atoms with E-state index < -0.39 is 5.60 Å². The van der Waals surface area contributed by atoms with Gasteiger partial charge in [-0.25, -0.2) is 10.6 Å². The van der Waals surface area contributed by atoms with Gasteiger partial charge in [0.05, 0.1) is 5.92 Å². The summed E-state index contributed by atoms with van der Waals surface area (Å²) < 4.78 is 5.33. The highest BCUT2D eigenvalue weighted by Crippen LogP contribution is 2.24. The zero-order valence-electron chi connectivity index (χ0n) is 11.5. The van der Waals surface area contributed by atoms with E-state index in [-0.39, 0.29) is 24.0 Å². The molecule has 104 valence electrons. The van der Waals surface area contributed by atoms with Crippen LogP contribution in [0.4, 0.5) is 4.79 Å². The van der Waals surface area contributed by atoms with Crippen LogP contribution in [0.5, 0.6) is 0 Å². The van der Waals surface area contributed by atoms with Crippen LogP contribution in [-0.4, -0.2) is 35.1 Å². The molecule has 1 fully saturated rings. The Morgan fingerprint density at radius 1 is 1.33 bits per heavy atom. The Bertz CT molecular complexity index is 325. The highest BCUT2D eigenvalue weighted by atomic mass is 16.6. The second kappa shape index (κ2) is 5.56. The number of hydrogen-bond donors (Lipinski definition) is 2. The number of nitrogens with two attached hydrogens (primary N) is 1. The maximum absolute atomic E-state index is 12.0. The average Bonchev–Trinajstić information content (AvgIpc) is 2.26. The molecule has 1 heterocycles. The maximum Gasteiger partial charge on any atom is 0.410 e. The van der Waals surface area contributed by atoms with E-state index in [1.807, 2.05) is 27.7 Å². The van der Waals surface area contributed by atoms with Crippen LogP contribution in [0, 0.1) is 5.92 Å². The number of amides is 2. The summed E-state index contributed by atoms with van der Waals surface area (Å²) >= 11 is 0. The number of nitrogens with one attached hydrogen (secondary N) is 1. The van der Waals surface area contributed by atoms with Crippen molar-refractivity contribution >= 4 is 12.0 Å². The number of hydrogen-bond acceptors (Lipinski definition) is 4. The van der Waals surface area contributed by atoms with Gasteiger partial charge in [-0.15, -0.1) is 0 Å². The summed E-state index contributed by atoms with van der Waals surface area (Å²) in [6.45, 7) is 7.79. The van der Waals surface area contributed by atoms with E-state index in [4.69, 9.17) is 10.6 Å². The number of carbonyl (C=O) groups excluding carboxylic acids is 2. The predicted octanol–water partition coefficient (Wildman–Crippen LogP) is 1.01. The van der Waals surface area contributed by atoms with Crippen molar-refractivity contribution in [3.63, 3.8) is 0 Å². The minimum absolute atomic E-state index is 0.0849. The zero-order valence-corrected chi connectivity index (χ0v) is 11.5. The molecule has 0 radical (unpaired) electrons. The van der Waals surface area contributed by atoms with Crippen LogP contribution < -0.4 is 11.3 Å². The van der Waals surface area contributed by atoms with Crippen molar-refractivity contribution in [1.82, 2.24) is 10.3 Å². The second-order valence-electron chi connectivity index (χ2n) is 5.76. The minimum atomic E-state index is -0.528. The lowest BCUT2D eigenvalue weighted by Gasteiger charge is -2.37. The smallest absolute Gasteiger partial charge is 0.410 e. The summed E-state index contributed by atoms with van der Waals surface area (Å²) in [6.07, 6.45) is 1.14. The van der Waals surface area contributed by atoms with Gasteiger partial charge in [0, 0.05) is 12.6 Å². The number of rotatable bonds is 1. The Labute approximate surface area is 108 Å². The fourth-order valence-corrected chi connectivity index (χ4v) is 2.01. The van der Waals surface area contributed by atoms with Gasteiger partial charge in [-0.1, -0.05) is 0 Å². The zero-order chi connectivity index (χ0) is 13.9. The maximum atomic E-state index is 12.0. The molecule has 0 aromatic carbocycles. The van der Waals surface area contributed by atoms with Crippen LogP contribution in [0.25, 0.3) is 0 Å². The van der Waals surface area contributed by atoms with Crippen LogP contribution >= 0.6 is 0 Å². The van der Waals surface area contributed by atoms with Gasteiger partial charge in [-0.3, -0.25) is 10.2 Å². The Morgan fingerprint density at radius 3 is 2.44 bits per heavy atom. The molecule has 2 unspecified atom stereocenters. The predicted molar refractivity (Wildman–Crippen MR) is 67.5 cm³/mol. The number of carbonyl (C=O) groups is 2. The van der Waals surface area contributed by atoms with Gasteiger partial charge >= 0.3 is 6.09 Å². The molecular weight excluding hydrogens is 234 g/mol. The first-order valence-corrected chi connectivity index (χ1v) is 6.24. The number of likely N-dealkylation sites (tertiary alicyclic amines) is 1. The van der Waals surface area contributed by atoms with Gasteiger partial charge < -0.3 is 9.64 Å².